The molecule has 0 aliphatic heterocycles. The van der Waals surface area contributed by atoms with E-state index in [4.69, 9.17) is 15.0 Å². The Balaban J connectivity index is 1.75. The van der Waals surface area contributed by atoms with Gasteiger partial charge in [0.1, 0.15) is 17.6 Å². The lowest BCUT2D eigenvalue weighted by atomic mass is 10.2. The summed E-state index contributed by atoms with van der Waals surface area (Å²) in [7, 11) is 2.02. The highest BCUT2D eigenvalue weighted by Gasteiger charge is 2.28. The number of hydrogen-bond acceptors (Lipinski definition) is 4. The Morgan fingerprint density at radius 2 is 2.17 bits per heavy atom. The van der Waals surface area contributed by atoms with Crippen LogP contribution in [0.3, 0.4) is 0 Å². The van der Waals surface area contributed by atoms with Gasteiger partial charge >= 0.3 is 0 Å². The molecule has 6 heteroatoms. The standard InChI is InChI=1S/C18H16N4O2/c1-21-16-10-13(4-5-15(16)20-18(21)12-2-3-12)22-8-6-14(11-17(22)23)24-9-7-19/h4-6,8,10-12H,2-3,9H2,1H3. The van der Waals surface area contributed by atoms with Crippen molar-refractivity contribution in [3.63, 3.8) is 0 Å². The molecule has 0 N–H and O–H groups in total. The summed E-state index contributed by atoms with van der Waals surface area (Å²) in [5, 5.41) is 8.53. The molecule has 24 heavy (non-hydrogen) atoms. The number of ether oxygens (including phenoxy) is 1. The van der Waals surface area contributed by atoms with Crippen molar-refractivity contribution in [2.24, 2.45) is 7.05 Å². The van der Waals surface area contributed by atoms with Gasteiger partial charge in [0.05, 0.1) is 16.7 Å². The van der Waals surface area contributed by atoms with E-state index in [0.717, 1.165) is 22.5 Å². The maximum atomic E-state index is 12.3. The highest BCUT2D eigenvalue weighted by Crippen LogP contribution is 2.40. The number of pyridine rings is 1. The van der Waals surface area contributed by atoms with Gasteiger partial charge in [0.15, 0.2) is 6.61 Å². The zero-order valence-corrected chi connectivity index (χ0v) is 13.3. The quantitative estimate of drug-likeness (QED) is 0.740. The van der Waals surface area contributed by atoms with Crippen molar-refractivity contribution in [3.8, 4) is 17.5 Å². The fourth-order valence-electron chi connectivity index (χ4n) is 2.93. The lowest BCUT2D eigenvalue weighted by molar-refractivity contribution is 0.367. The van der Waals surface area contributed by atoms with Crippen LogP contribution in [0.4, 0.5) is 0 Å². The third-order valence-electron chi connectivity index (χ3n) is 4.31. The average Bonchev–Trinajstić information content (AvgIpc) is 3.38. The number of imidazole rings is 1. The predicted octanol–water partition coefficient (Wildman–Crippen LogP) is 2.50. The number of aromatic nitrogens is 3. The summed E-state index contributed by atoms with van der Waals surface area (Å²) in [6.45, 7) is -0.0750. The van der Waals surface area contributed by atoms with Crippen molar-refractivity contribution in [3.05, 3.63) is 52.7 Å². The van der Waals surface area contributed by atoms with E-state index in [-0.39, 0.29) is 12.2 Å². The second-order valence-electron chi connectivity index (χ2n) is 5.99. The molecule has 2 heterocycles. The predicted molar refractivity (Wildman–Crippen MR) is 89.4 cm³/mol. The van der Waals surface area contributed by atoms with Crippen LogP contribution in [-0.4, -0.2) is 20.7 Å². The number of nitrogens with zero attached hydrogens (tertiary/aromatic N) is 4. The zero-order valence-electron chi connectivity index (χ0n) is 13.3. The molecule has 0 bridgehead atoms. The molecule has 2 aromatic heterocycles. The lowest BCUT2D eigenvalue weighted by Crippen LogP contribution is -2.16. The molecule has 0 unspecified atom stereocenters. The van der Waals surface area contributed by atoms with Crippen molar-refractivity contribution >= 4 is 11.0 Å². The molecule has 0 atom stereocenters. The molecule has 1 saturated carbocycles. The van der Waals surface area contributed by atoms with Gasteiger partial charge in [-0.05, 0) is 37.1 Å². The Bertz CT molecular complexity index is 1020. The van der Waals surface area contributed by atoms with Crippen molar-refractivity contribution in [2.75, 3.05) is 6.61 Å². The van der Waals surface area contributed by atoms with Gasteiger partial charge in [0.2, 0.25) is 0 Å². The van der Waals surface area contributed by atoms with Gasteiger partial charge in [-0.2, -0.15) is 5.26 Å². The minimum Gasteiger partial charge on any atom is -0.478 e. The molecule has 1 fully saturated rings. The van der Waals surface area contributed by atoms with Crippen LogP contribution >= 0.6 is 0 Å². The molecule has 0 radical (unpaired) electrons. The summed E-state index contributed by atoms with van der Waals surface area (Å²) >= 11 is 0. The van der Waals surface area contributed by atoms with E-state index in [2.05, 4.69) is 4.57 Å². The van der Waals surface area contributed by atoms with E-state index >= 15 is 0 Å². The number of hydrogen-bond donors (Lipinski definition) is 0. The second kappa shape index (κ2) is 5.53. The van der Waals surface area contributed by atoms with Gasteiger partial charge in [-0.15, -0.1) is 0 Å². The Morgan fingerprint density at radius 3 is 2.88 bits per heavy atom. The molecule has 120 valence electrons. The van der Waals surface area contributed by atoms with Crippen LogP contribution in [0, 0.1) is 11.3 Å². The summed E-state index contributed by atoms with van der Waals surface area (Å²) < 4.78 is 8.84. The van der Waals surface area contributed by atoms with Crippen LogP contribution in [0.5, 0.6) is 5.75 Å². The van der Waals surface area contributed by atoms with E-state index in [1.165, 1.54) is 18.9 Å². The first-order valence-electron chi connectivity index (χ1n) is 7.86. The molecular formula is C18H16N4O2. The summed E-state index contributed by atoms with van der Waals surface area (Å²) in [6.07, 6.45) is 4.07. The highest BCUT2D eigenvalue weighted by molar-refractivity contribution is 5.78. The van der Waals surface area contributed by atoms with Crippen molar-refractivity contribution < 1.29 is 4.74 Å². The van der Waals surface area contributed by atoms with E-state index < -0.39 is 0 Å². The van der Waals surface area contributed by atoms with E-state index in [1.807, 2.05) is 31.3 Å². The Labute approximate surface area is 138 Å². The first-order valence-corrected chi connectivity index (χ1v) is 7.86. The minimum absolute atomic E-state index is 0.0750. The highest BCUT2D eigenvalue weighted by atomic mass is 16.5. The first-order chi connectivity index (χ1) is 11.7. The second-order valence-corrected chi connectivity index (χ2v) is 5.99. The largest absolute Gasteiger partial charge is 0.478 e. The fourth-order valence-corrected chi connectivity index (χ4v) is 2.93. The average molecular weight is 320 g/mol. The SMILES string of the molecule is Cn1c(C2CC2)nc2ccc(-n3ccc(OCC#N)cc3=O)cc21. The van der Waals surface area contributed by atoms with Gasteiger partial charge < -0.3 is 9.30 Å². The smallest absolute Gasteiger partial charge is 0.258 e. The third-order valence-corrected chi connectivity index (χ3v) is 4.31. The molecule has 4 rings (SSSR count). The molecular weight excluding hydrogens is 304 g/mol. The van der Waals surface area contributed by atoms with E-state index in [0.29, 0.717) is 11.7 Å². The van der Waals surface area contributed by atoms with Crippen LogP contribution in [0.1, 0.15) is 24.6 Å². The maximum Gasteiger partial charge on any atom is 0.258 e. The number of benzene rings is 1. The van der Waals surface area contributed by atoms with Crippen molar-refractivity contribution in [1.29, 1.82) is 5.26 Å². The van der Waals surface area contributed by atoms with Gasteiger partial charge in [-0.25, -0.2) is 4.98 Å². The minimum atomic E-state index is -0.200. The summed E-state index contributed by atoms with van der Waals surface area (Å²) in [4.78, 5) is 17.0. The summed E-state index contributed by atoms with van der Waals surface area (Å²) in [5.74, 6) is 2.09. The van der Waals surface area contributed by atoms with Crippen LogP contribution in [0.25, 0.3) is 16.7 Å². The first kappa shape index (κ1) is 14.5. The van der Waals surface area contributed by atoms with Gasteiger partial charge in [-0.3, -0.25) is 9.36 Å². The Kier molecular flexibility index (Phi) is 3.35. The molecule has 1 aromatic carbocycles. The van der Waals surface area contributed by atoms with E-state index in [1.54, 1.807) is 16.8 Å². The zero-order chi connectivity index (χ0) is 16.7. The van der Waals surface area contributed by atoms with Crippen LogP contribution in [0.15, 0.2) is 41.3 Å². The maximum absolute atomic E-state index is 12.3. The van der Waals surface area contributed by atoms with E-state index in [9.17, 15) is 4.79 Å². The molecule has 6 nitrogen and oxygen atoms in total. The summed E-state index contributed by atoms with van der Waals surface area (Å²) in [6, 6.07) is 10.8. The van der Waals surface area contributed by atoms with Gasteiger partial charge in [-0.1, -0.05) is 0 Å². The topological polar surface area (TPSA) is 72.8 Å². The molecule has 0 saturated heterocycles. The Hall–Kier alpha value is -3.07. The molecule has 1 aliphatic carbocycles. The molecule has 0 spiro atoms. The van der Waals surface area contributed by atoms with Gasteiger partial charge in [0, 0.05) is 25.2 Å². The van der Waals surface area contributed by atoms with Gasteiger partial charge in [0.25, 0.3) is 5.56 Å². The van der Waals surface area contributed by atoms with Crippen LogP contribution in [-0.2, 0) is 7.05 Å². The lowest BCUT2D eigenvalue weighted by Gasteiger charge is -2.08. The number of rotatable bonds is 4. The molecule has 1 aliphatic rings. The molecule has 3 aromatic rings. The van der Waals surface area contributed by atoms with Crippen molar-refractivity contribution in [2.45, 2.75) is 18.8 Å². The van der Waals surface area contributed by atoms with Crippen LogP contribution in [0.2, 0.25) is 0 Å². The fraction of sp³-hybridized carbons (Fsp3) is 0.278. The molecule has 0 amide bonds. The number of aryl methyl sites for hydroxylation is 1. The Morgan fingerprint density at radius 1 is 1.33 bits per heavy atom. The normalized spacial score (nSPS) is 13.8. The van der Waals surface area contributed by atoms with Crippen LogP contribution < -0.4 is 10.3 Å². The summed E-state index contributed by atoms with van der Waals surface area (Å²) in [5.41, 5.74) is 2.55. The monoisotopic (exact) mass is 320 g/mol. The number of nitriles is 1. The third kappa shape index (κ3) is 2.44. The number of fused-ring (bicyclic) bond motifs is 1. The van der Waals surface area contributed by atoms with Crippen molar-refractivity contribution in [1.82, 2.24) is 14.1 Å².